The van der Waals surface area contributed by atoms with Crippen molar-refractivity contribution >= 4 is 28.2 Å². The first-order valence-corrected chi connectivity index (χ1v) is 11.3. The lowest BCUT2D eigenvalue weighted by Crippen LogP contribution is -2.30. The Morgan fingerprint density at radius 3 is 2.36 bits per heavy atom. The summed E-state index contributed by atoms with van der Waals surface area (Å²) in [5, 5.41) is 3.26. The summed E-state index contributed by atoms with van der Waals surface area (Å²) in [7, 11) is 3.11. The molecule has 1 atom stereocenters. The summed E-state index contributed by atoms with van der Waals surface area (Å²) in [6, 6.07) is 14.5. The van der Waals surface area contributed by atoms with Crippen LogP contribution in [0.25, 0.3) is 11.1 Å². The minimum Gasteiger partial charge on any atom is -0.493 e. The van der Waals surface area contributed by atoms with Crippen LogP contribution >= 0.6 is 11.3 Å². The summed E-state index contributed by atoms with van der Waals surface area (Å²) in [4.78, 5) is 26.7. The fourth-order valence-electron chi connectivity index (χ4n) is 3.34. The standard InChI is InChI=1S/C25H27NO6S/c1-6-31-25(28)22-21(17-12-13-19(29-4)20(14-17)30-5)16(3)33-24(22)26-23(27)15(2)32-18-10-8-7-9-11-18/h7-15H,6H2,1-5H3,(H,26,27). The minimum absolute atomic E-state index is 0.208. The molecule has 0 radical (unpaired) electrons. The van der Waals surface area contributed by atoms with E-state index in [-0.39, 0.29) is 12.5 Å². The summed E-state index contributed by atoms with van der Waals surface area (Å²) in [5.74, 6) is 0.806. The molecular weight excluding hydrogens is 442 g/mol. The van der Waals surface area contributed by atoms with Gasteiger partial charge in [-0.25, -0.2) is 4.79 Å². The molecule has 0 bridgehead atoms. The van der Waals surface area contributed by atoms with Crippen LogP contribution < -0.4 is 19.5 Å². The number of carbonyl (C=O) groups excluding carboxylic acids is 2. The molecule has 3 aromatic rings. The maximum atomic E-state index is 12.9. The number of carbonyl (C=O) groups is 2. The Hall–Kier alpha value is -3.52. The number of para-hydroxylation sites is 1. The van der Waals surface area contributed by atoms with Crippen molar-refractivity contribution in [1.82, 2.24) is 0 Å². The molecule has 0 saturated carbocycles. The molecule has 1 N–H and O–H groups in total. The number of methoxy groups -OCH3 is 2. The molecule has 1 unspecified atom stereocenters. The third-order valence-corrected chi connectivity index (χ3v) is 5.92. The number of hydrogen-bond acceptors (Lipinski definition) is 7. The molecule has 8 heteroatoms. The van der Waals surface area contributed by atoms with Gasteiger partial charge in [-0.15, -0.1) is 11.3 Å². The number of aryl methyl sites for hydroxylation is 1. The van der Waals surface area contributed by atoms with E-state index in [9.17, 15) is 9.59 Å². The average molecular weight is 470 g/mol. The van der Waals surface area contributed by atoms with Gasteiger partial charge in [-0.2, -0.15) is 0 Å². The summed E-state index contributed by atoms with van der Waals surface area (Å²) in [6.07, 6.45) is -0.769. The monoisotopic (exact) mass is 469 g/mol. The molecule has 3 rings (SSSR count). The second kappa shape index (κ2) is 10.9. The van der Waals surface area contributed by atoms with Gasteiger partial charge in [0.25, 0.3) is 5.91 Å². The van der Waals surface area contributed by atoms with Crippen LogP contribution in [0.4, 0.5) is 5.00 Å². The van der Waals surface area contributed by atoms with Crippen LogP contribution in [0.5, 0.6) is 17.2 Å². The van der Waals surface area contributed by atoms with Crippen molar-refractivity contribution in [3.05, 3.63) is 59.0 Å². The first-order chi connectivity index (χ1) is 15.9. The number of thiophene rings is 1. The first-order valence-electron chi connectivity index (χ1n) is 10.4. The average Bonchev–Trinajstić information content (AvgIpc) is 3.14. The third kappa shape index (κ3) is 5.46. The first kappa shape index (κ1) is 24.1. The van der Waals surface area contributed by atoms with Crippen LogP contribution in [0.1, 0.15) is 29.1 Å². The normalized spacial score (nSPS) is 11.4. The van der Waals surface area contributed by atoms with Crippen LogP contribution in [-0.4, -0.2) is 38.8 Å². The van der Waals surface area contributed by atoms with Gasteiger partial charge in [-0.1, -0.05) is 24.3 Å². The maximum Gasteiger partial charge on any atom is 0.341 e. The van der Waals surface area contributed by atoms with Gasteiger partial charge in [0.2, 0.25) is 0 Å². The van der Waals surface area contributed by atoms with E-state index in [0.717, 1.165) is 10.4 Å². The van der Waals surface area contributed by atoms with Gasteiger partial charge in [0.15, 0.2) is 17.6 Å². The molecule has 0 aliphatic heterocycles. The Bertz CT molecular complexity index is 1130. The quantitative estimate of drug-likeness (QED) is 0.427. The van der Waals surface area contributed by atoms with Crippen LogP contribution in [0.15, 0.2) is 48.5 Å². The molecule has 0 aliphatic rings. The van der Waals surface area contributed by atoms with E-state index in [2.05, 4.69) is 5.32 Å². The van der Waals surface area contributed by atoms with Crippen molar-refractivity contribution in [2.24, 2.45) is 0 Å². The number of benzene rings is 2. The minimum atomic E-state index is -0.769. The van der Waals surface area contributed by atoms with E-state index < -0.39 is 12.1 Å². The Morgan fingerprint density at radius 2 is 1.73 bits per heavy atom. The fraction of sp³-hybridized carbons (Fsp3) is 0.280. The van der Waals surface area contributed by atoms with Crippen molar-refractivity contribution in [2.75, 3.05) is 26.1 Å². The van der Waals surface area contributed by atoms with Gasteiger partial charge < -0.3 is 24.3 Å². The molecule has 1 aromatic heterocycles. The van der Waals surface area contributed by atoms with Crippen molar-refractivity contribution in [3.63, 3.8) is 0 Å². The van der Waals surface area contributed by atoms with Crippen molar-refractivity contribution in [3.8, 4) is 28.4 Å². The van der Waals surface area contributed by atoms with Gasteiger partial charge in [0, 0.05) is 10.4 Å². The highest BCUT2D eigenvalue weighted by molar-refractivity contribution is 7.17. The predicted molar refractivity (Wildman–Crippen MR) is 129 cm³/mol. The lowest BCUT2D eigenvalue weighted by atomic mass is 10.0. The summed E-state index contributed by atoms with van der Waals surface area (Å²) >= 11 is 1.31. The van der Waals surface area contributed by atoms with E-state index >= 15 is 0 Å². The zero-order valence-electron chi connectivity index (χ0n) is 19.3. The van der Waals surface area contributed by atoms with Gasteiger partial charge >= 0.3 is 5.97 Å². The molecule has 1 amide bonds. The summed E-state index contributed by atoms with van der Waals surface area (Å²) in [6.45, 7) is 5.49. The highest BCUT2D eigenvalue weighted by Crippen LogP contribution is 2.43. The second-order valence-electron chi connectivity index (χ2n) is 7.09. The lowest BCUT2D eigenvalue weighted by Gasteiger charge is -2.15. The molecule has 33 heavy (non-hydrogen) atoms. The van der Waals surface area contributed by atoms with Crippen LogP contribution in [0.3, 0.4) is 0 Å². The van der Waals surface area contributed by atoms with E-state index in [4.69, 9.17) is 18.9 Å². The zero-order chi connectivity index (χ0) is 24.0. The Kier molecular flexibility index (Phi) is 7.95. The van der Waals surface area contributed by atoms with Crippen molar-refractivity contribution in [2.45, 2.75) is 26.9 Å². The number of esters is 1. The SMILES string of the molecule is CCOC(=O)c1c(NC(=O)C(C)Oc2ccccc2)sc(C)c1-c1ccc(OC)c(OC)c1. The molecule has 2 aromatic carbocycles. The Labute approximate surface area is 197 Å². The Balaban J connectivity index is 1.97. The number of ether oxygens (including phenoxy) is 4. The highest BCUT2D eigenvalue weighted by atomic mass is 32.1. The smallest absolute Gasteiger partial charge is 0.341 e. The van der Waals surface area contributed by atoms with Crippen LogP contribution in [0, 0.1) is 6.92 Å². The molecule has 0 saturated heterocycles. The third-order valence-electron chi connectivity index (χ3n) is 4.90. The maximum absolute atomic E-state index is 12.9. The summed E-state index contributed by atoms with van der Waals surface area (Å²) in [5.41, 5.74) is 1.72. The van der Waals surface area contributed by atoms with Gasteiger partial charge in [0.05, 0.1) is 20.8 Å². The van der Waals surface area contributed by atoms with E-state index in [0.29, 0.717) is 33.4 Å². The molecule has 0 spiro atoms. The number of rotatable bonds is 9. The second-order valence-corrected chi connectivity index (χ2v) is 8.31. The molecule has 1 heterocycles. The van der Waals surface area contributed by atoms with Crippen molar-refractivity contribution < 1.29 is 28.5 Å². The Morgan fingerprint density at radius 1 is 1.03 bits per heavy atom. The number of anilines is 1. The van der Waals surface area contributed by atoms with Gasteiger partial charge in [-0.3, -0.25) is 4.79 Å². The largest absolute Gasteiger partial charge is 0.493 e. The number of nitrogens with one attached hydrogen (secondary N) is 1. The van der Waals surface area contributed by atoms with Gasteiger partial charge in [0.1, 0.15) is 16.3 Å². The lowest BCUT2D eigenvalue weighted by molar-refractivity contribution is -0.122. The molecule has 0 aliphatic carbocycles. The van der Waals surface area contributed by atoms with Crippen molar-refractivity contribution in [1.29, 1.82) is 0 Å². The number of hydrogen-bond donors (Lipinski definition) is 1. The molecule has 0 fully saturated rings. The van der Waals surface area contributed by atoms with E-state index in [1.165, 1.54) is 11.3 Å². The molecular formula is C25H27NO6S. The van der Waals surface area contributed by atoms with Crippen LogP contribution in [0.2, 0.25) is 0 Å². The highest BCUT2D eigenvalue weighted by Gasteiger charge is 2.27. The fourth-order valence-corrected chi connectivity index (χ4v) is 4.41. The van der Waals surface area contributed by atoms with E-state index in [1.807, 2.05) is 31.2 Å². The molecule has 174 valence electrons. The van der Waals surface area contributed by atoms with E-state index in [1.54, 1.807) is 52.3 Å². The van der Waals surface area contributed by atoms with Gasteiger partial charge in [-0.05, 0) is 50.6 Å². The zero-order valence-corrected chi connectivity index (χ0v) is 20.1. The predicted octanol–water partition coefficient (Wildman–Crippen LogP) is 5.32. The van der Waals surface area contributed by atoms with Crippen LogP contribution in [-0.2, 0) is 9.53 Å². The summed E-state index contributed by atoms with van der Waals surface area (Å²) < 4.78 is 21.8. The molecule has 7 nitrogen and oxygen atoms in total. The number of amides is 1. The topological polar surface area (TPSA) is 83.1 Å².